The molecule has 3 rings (SSSR count). The first-order valence-corrected chi connectivity index (χ1v) is 7.99. The number of thiophene rings is 1. The number of aryl methyl sites for hydroxylation is 1. The number of hydrogen-bond donors (Lipinski definition) is 0. The van der Waals surface area contributed by atoms with Gasteiger partial charge in [0.05, 0.1) is 12.7 Å². The molecule has 0 saturated carbocycles. The van der Waals surface area contributed by atoms with E-state index in [9.17, 15) is 8.78 Å². The van der Waals surface area contributed by atoms with Crippen molar-refractivity contribution in [1.29, 1.82) is 5.26 Å². The Balaban J connectivity index is 2.13. The minimum absolute atomic E-state index is 0.00254. The van der Waals surface area contributed by atoms with Crippen LogP contribution in [0.5, 0.6) is 5.75 Å². The van der Waals surface area contributed by atoms with E-state index in [4.69, 9.17) is 10.00 Å². The summed E-state index contributed by atoms with van der Waals surface area (Å²) in [5, 5.41) is 8.86. The molecule has 3 aromatic rings. The molecular formula is C19H13F2NOS. The minimum Gasteiger partial charge on any atom is -0.494 e. The van der Waals surface area contributed by atoms with Gasteiger partial charge in [-0.2, -0.15) is 5.26 Å². The second kappa shape index (κ2) is 6.42. The van der Waals surface area contributed by atoms with Crippen molar-refractivity contribution < 1.29 is 13.5 Å². The average molecular weight is 341 g/mol. The Labute approximate surface area is 142 Å². The first kappa shape index (κ1) is 16.2. The van der Waals surface area contributed by atoms with Gasteiger partial charge in [0.1, 0.15) is 11.9 Å². The molecule has 0 saturated heterocycles. The normalized spacial score (nSPS) is 10.5. The molecule has 0 aliphatic rings. The van der Waals surface area contributed by atoms with Crippen LogP contribution < -0.4 is 4.74 Å². The lowest BCUT2D eigenvalue weighted by Gasteiger charge is -2.07. The van der Waals surface area contributed by atoms with Crippen LogP contribution in [0.1, 0.15) is 10.4 Å². The lowest BCUT2D eigenvalue weighted by Crippen LogP contribution is -1.89. The van der Waals surface area contributed by atoms with Crippen molar-refractivity contribution in [3.8, 4) is 33.4 Å². The van der Waals surface area contributed by atoms with Crippen LogP contribution in [0.3, 0.4) is 0 Å². The van der Waals surface area contributed by atoms with Crippen LogP contribution in [0, 0.1) is 29.9 Å². The highest BCUT2D eigenvalue weighted by Crippen LogP contribution is 2.40. The Morgan fingerprint density at radius 2 is 1.71 bits per heavy atom. The maximum absolute atomic E-state index is 14.0. The van der Waals surface area contributed by atoms with Gasteiger partial charge in [-0.3, -0.25) is 0 Å². The third-order valence-corrected chi connectivity index (χ3v) is 4.77. The van der Waals surface area contributed by atoms with Gasteiger partial charge in [-0.05, 0) is 54.4 Å². The number of methoxy groups -OCH3 is 1. The third-order valence-electron chi connectivity index (χ3n) is 3.67. The van der Waals surface area contributed by atoms with E-state index < -0.39 is 11.6 Å². The fraction of sp³-hybridized carbons (Fsp3) is 0.105. The zero-order valence-electron chi connectivity index (χ0n) is 13.1. The van der Waals surface area contributed by atoms with E-state index in [0.29, 0.717) is 11.1 Å². The predicted molar refractivity (Wildman–Crippen MR) is 91.1 cm³/mol. The zero-order valence-corrected chi connectivity index (χ0v) is 13.9. The molecule has 0 radical (unpaired) electrons. The standard InChI is InChI=1S/C19H13F2NOS/c1-11-7-15(12-3-4-14(10-22)16(20)8-12)19(24-11)13-5-6-18(23-2)17(21)9-13/h3-9H,1-2H3. The van der Waals surface area contributed by atoms with Crippen LogP contribution in [0.25, 0.3) is 21.6 Å². The largest absolute Gasteiger partial charge is 0.494 e. The first-order chi connectivity index (χ1) is 11.5. The van der Waals surface area contributed by atoms with Crippen molar-refractivity contribution >= 4 is 11.3 Å². The molecule has 0 amide bonds. The van der Waals surface area contributed by atoms with E-state index in [2.05, 4.69) is 0 Å². The van der Waals surface area contributed by atoms with Crippen LogP contribution in [-0.4, -0.2) is 7.11 Å². The molecule has 1 heterocycles. The zero-order chi connectivity index (χ0) is 17.3. The van der Waals surface area contributed by atoms with Gasteiger partial charge in [0.15, 0.2) is 11.6 Å². The highest BCUT2D eigenvalue weighted by Gasteiger charge is 2.15. The fourth-order valence-corrected chi connectivity index (χ4v) is 3.55. The molecular weight excluding hydrogens is 328 g/mol. The van der Waals surface area contributed by atoms with E-state index in [0.717, 1.165) is 15.3 Å². The van der Waals surface area contributed by atoms with Crippen molar-refractivity contribution in [2.75, 3.05) is 7.11 Å². The maximum atomic E-state index is 14.0. The summed E-state index contributed by atoms with van der Waals surface area (Å²) in [7, 11) is 1.42. The summed E-state index contributed by atoms with van der Waals surface area (Å²) < 4.78 is 32.9. The van der Waals surface area contributed by atoms with Crippen LogP contribution >= 0.6 is 11.3 Å². The van der Waals surface area contributed by atoms with Gasteiger partial charge >= 0.3 is 0 Å². The summed E-state index contributed by atoms with van der Waals surface area (Å²) in [4.78, 5) is 1.87. The van der Waals surface area contributed by atoms with Gasteiger partial charge in [0, 0.05) is 15.3 Å². The topological polar surface area (TPSA) is 33.0 Å². The number of rotatable bonds is 3. The fourth-order valence-electron chi connectivity index (χ4n) is 2.52. The van der Waals surface area contributed by atoms with E-state index in [1.54, 1.807) is 18.2 Å². The molecule has 0 bridgehead atoms. The second-order valence-corrected chi connectivity index (χ2v) is 6.51. The van der Waals surface area contributed by atoms with Gasteiger partial charge in [-0.1, -0.05) is 6.07 Å². The summed E-state index contributed by atoms with van der Waals surface area (Å²) in [5.74, 6) is -0.832. The molecule has 0 aliphatic heterocycles. The van der Waals surface area contributed by atoms with E-state index in [-0.39, 0.29) is 11.3 Å². The second-order valence-electron chi connectivity index (χ2n) is 5.26. The van der Waals surface area contributed by atoms with Crippen molar-refractivity contribution in [2.45, 2.75) is 6.92 Å². The third kappa shape index (κ3) is 2.89. The van der Waals surface area contributed by atoms with Crippen molar-refractivity contribution in [3.63, 3.8) is 0 Å². The summed E-state index contributed by atoms with van der Waals surface area (Å²) >= 11 is 1.51. The lowest BCUT2D eigenvalue weighted by molar-refractivity contribution is 0.386. The van der Waals surface area contributed by atoms with E-state index in [1.165, 1.54) is 36.6 Å². The Bertz CT molecular complexity index is 956. The molecule has 0 unspecified atom stereocenters. The molecule has 0 N–H and O–H groups in total. The average Bonchev–Trinajstić information content (AvgIpc) is 2.96. The minimum atomic E-state index is -0.564. The SMILES string of the molecule is COc1ccc(-c2sc(C)cc2-c2ccc(C#N)c(F)c2)cc1F. The van der Waals surface area contributed by atoms with Crippen LogP contribution in [0.2, 0.25) is 0 Å². The highest BCUT2D eigenvalue weighted by molar-refractivity contribution is 7.16. The van der Waals surface area contributed by atoms with Gasteiger partial charge in [-0.15, -0.1) is 11.3 Å². The molecule has 2 aromatic carbocycles. The van der Waals surface area contributed by atoms with Gasteiger partial charge in [-0.25, -0.2) is 8.78 Å². The number of nitrogens with zero attached hydrogens (tertiary/aromatic N) is 1. The van der Waals surface area contributed by atoms with Crippen LogP contribution in [0.4, 0.5) is 8.78 Å². The Hall–Kier alpha value is -2.71. The summed E-state index contributed by atoms with van der Waals surface area (Å²) in [6.45, 7) is 1.94. The highest BCUT2D eigenvalue weighted by atomic mass is 32.1. The monoisotopic (exact) mass is 341 g/mol. The summed E-state index contributed by atoms with van der Waals surface area (Å²) in [5.41, 5.74) is 2.17. The summed E-state index contributed by atoms with van der Waals surface area (Å²) in [6, 6.07) is 13.0. The predicted octanol–water partition coefficient (Wildman–Crippen LogP) is 5.55. The van der Waals surface area contributed by atoms with Crippen LogP contribution in [-0.2, 0) is 0 Å². The number of hydrogen-bond acceptors (Lipinski definition) is 3. The quantitative estimate of drug-likeness (QED) is 0.626. The Kier molecular flexibility index (Phi) is 4.32. The summed E-state index contributed by atoms with van der Waals surface area (Å²) in [6.07, 6.45) is 0. The lowest BCUT2D eigenvalue weighted by atomic mass is 10.0. The van der Waals surface area contributed by atoms with Gasteiger partial charge in [0.2, 0.25) is 0 Å². The molecule has 24 heavy (non-hydrogen) atoms. The number of nitriles is 1. The van der Waals surface area contributed by atoms with Crippen molar-refractivity contribution in [3.05, 3.63) is 64.5 Å². The van der Waals surface area contributed by atoms with Crippen molar-refractivity contribution in [2.24, 2.45) is 0 Å². The van der Waals surface area contributed by atoms with Crippen LogP contribution in [0.15, 0.2) is 42.5 Å². The molecule has 120 valence electrons. The molecule has 1 aromatic heterocycles. The molecule has 2 nitrogen and oxygen atoms in total. The molecule has 0 aliphatic carbocycles. The van der Waals surface area contributed by atoms with E-state index in [1.807, 2.05) is 19.1 Å². The van der Waals surface area contributed by atoms with Gasteiger partial charge < -0.3 is 4.74 Å². The smallest absolute Gasteiger partial charge is 0.165 e. The number of benzene rings is 2. The Morgan fingerprint density at radius 3 is 2.33 bits per heavy atom. The number of halogens is 2. The van der Waals surface area contributed by atoms with Crippen molar-refractivity contribution in [1.82, 2.24) is 0 Å². The van der Waals surface area contributed by atoms with E-state index >= 15 is 0 Å². The number of ether oxygens (including phenoxy) is 1. The first-order valence-electron chi connectivity index (χ1n) is 7.18. The molecule has 5 heteroatoms. The Morgan fingerprint density at radius 1 is 1.00 bits per heavy atom. The van der Waals surface area contributed by atoms with Gasteiger partial charge in [0.25, 0.3) is 0 Å². The maximum Gasteiger partial charge on any atom is 0.165 e. The molecule has 0 atom stereocenters. The molecule has 0 spiro atoms. The molecule has 0 fully saturated rings.